The summed E-state index contributed by atoms with van der Waals surface area (Å²) < 4.78 is 2.17. The van der Waals surface area contributed by atoms with Gasteiger partial charge in [0.2, 0.25) is 5.91 Å². The molecule has 3 rings (SSSR count). The molecular formula is C22H26N4OS. The summed E-state index contributed by atoms with van der Waals surface area (Å²) in [7, 11) is 0. The molecule has 1 atom stereocenters. The lowest BCUT2D eigenvalue weighted by atomic mass is 9.82. The number of nitrogens with zero attached hydrogens (tertiary/aromatic N) is 2. The van der Waals surface area contributed by atoms with E-state index in [1.807, 2.05) is 61.5 Å². The highest BCUT2D eigenvalue weighted by Crippen LogP contribution is 2.32. The van der Waals surface area contributed by atoms with Gasteiger partial charge in [0, 0.05) is 5.56 Å². The fraction of sp³-hybridized carbons (Fsp3) is 0.318. The number of amides is 1. The van der Waals surface area contributed by atoms with Crippen LogP contribution in [0.2, 0.25) is 0 Å². The first-order chi connectivity index (χ1) is 13.3. The number of aryl methyl sites for hydroxylation is 1. The van der Waals surface area contributed by atoms with E-state index in [4.69, 9.17) is 12.2 Å². The molecule has 2 N–H and O–H groups in total. The molecule has 146 valence electrons. The quantitative estimate of drug-likeness (QED) is 0.610. The van der Waals surface area contributed by atoms with Crippen LogP contribution < -0.4 is 5.32 Å². The van der Waals surface area contributed by atoms with Gasteiger partial charge in [-0.2, -0.15) is 5.10 Å². The zero-order valence-electron chi connectivity index (χ0n) is 16.7. The highest BCUT2D eigenvalue weighted by molar-refractivity contribution is 7.71. The van der Waals surface area contributed by atoms with Crippen molar-refractivity contribution in [3.63, 3.8) is 0 Å². The molecule has 0 bridgehead atoms. The molecule has 0 spiro atoms. The van der Waals surface area contributed by atoms with Crippen LogP contribution in [0.3, 0.4) is 0 Å². The van der Waals surface area contributed by atoms with Crippen molar-refractivity contribution < 1.29 is 4.79 Å². The Hall–Kier alpha value is -2.73. The minimum Gasteiger partial charge on any atom is -0.347 e. The largest absolute Gasteiger partial charge is 0.347 e. The highest BCUT2D eigenvalue weighted by Gasteiger charge is 2.28. The number of rotatable bonds is 5. The number of carbonyl (C=O) groups excluding carboxylic acids is 1. The third-order valence-electron chi connectivity index (χ3n) is 4.64. The van der Waals surface area contributed by atoms with E-state index in [0.717, 1.165) is 16.7 Å². The number of benzene rings is 2. The Kier molecular flexibility index (Phi) is 5.79. The summed E-state index contributed by atoms with van der Waals surface area (Å²) in [5, 5.41) is 10.3. The average Bonchev–Trinajstić information content (AvgIpc) is 3.00. The van der Waals surface area contributed by atoms with Gasteiger partial charge in [0.15, 0.2) is 10.6 Å². The standard InChI is InChI=1S/C22H26N4OS/c1-15-9-8-12-17(13-15)20-24-25-21(28)26(20)14-18(27)23-19(22(2,3)4)16-10-6-5-7-11-16/h5-13,19H,14H2,1-4H3,(H,23,27)(H,25,28). The second-order valence-electron chi connectivity index (χ2n) is 8.09. The van der Waals surface area contributed by atoms with Gasteiger partial charge in [-0.25, -0.2) is 0 Å². The average molecular weight is 395 g/mol. The molecule has 2 aromatic carbocycles. The summed E-state index contributed by atoms with van der Waals surface area (Å²) in [5.74, 6) is 0.561. The number of carbonyl (C=O) groups is 1. The maximum Gasteiger partial charge on any atom is 0.240 e. The minimum absolute atomic E-state index is 0.102. The predicted octanol–water partition coefficient (Wildman–Crippen LogP) is 4.82. The number of hydrogen-bond donors (Lipinski definition) is 2. The lowest BCUT2D eigenvalue weighted by Gasteiger charge is -2.32. The second kappa shape index (κ2) is 8.10. The molecule has 1 aromatic heterocycles. The minimum atomic E-state index is -0.131. The summed E-state index contributed by atoms with van der Waals surface area (Å²) >= 11 is 5.37. The van der Waals surface area contributed by atoms with Gasteiger partial charge in [-0.1, -0.05) is 74.9 Å². The van der Waals surface area contributed by atoms with E-state index < -0.39 is 0 Å². The summed E-state index contributed by atoms with van der Waals surface area (Å²) in [4.78, 5) is 12.9. The third-order valence-corrected chi connectivity index (χ3v) is 4.95. The summed E-state index contributed by atoms with van der Waals surface area (Å²) in [6.07, 6.45) is 0. The van der Waals surface area contributed by atoms with Gasteiger partial charge in [-0.05, 0) is 36.2 Å². The highest BCUT2D eigenvalue weighted by atomic mass is 32.1. The number of aromatic nitrogens is 3. The zero-order chi connectivity index (χ0) is 20.3. The lowest BCUT2D eigenvalue weighted by Crippen LogP contribution is -2.38. The van der Waals surface area contributed by atoms with Crippen molar-refractivity contribution in [3.05, 3.63) is 70.5 Å². The molecule has 0 aliphatic heterocycles. The normalized spacial score (nSPS) is 12.6. The SMILES string of the molecule is Cc1cccc(-c2n[nH]c(=S)n2CC(=O)NC(c2ccccc2)C(C)(C)C)c1. The molecule has 0 saturated heterocycles. The van der Waals surface area contributed by atoms with Gasteiger partial charge in [0.25, 0.3) is 0 Å². The Balaban J connectivity index is 1.85. The maximum absolute atomic E-state index is 12.9. The van der Waals surface area contributed by atoms with E-state index in [1.54, 1.807) is 4.57 Å². The molecule has 1 amide bonds. The van der Waals surface area contributed by atoms with Crippen LogP contribution >= 0.6 is 12.2 Å². The lowest BCUT2D eigenvalue weighted by molar-refractivity contribution is -0.123. The van der Waals surface area contributed by atoms with E-state index in [-0.39, 0.29) is 23.9 Å². The van der Waals surface area contributed by atoms with Crippen LogP contribution in [0.5, 0.6) is 0 Å². The van der Waals surface area contributed by atoms with E-state index in [2.05, 4.69) is 36.3 Å². The van der Waals surface area contributed by atoms with Crippen molar-refractivity contribution in [2.45, 2.75) is 40.3 Å². The van der Waals surface area contributed by atoms with E-state index in [9.17, 15) is 4.79 Å². The molecule has 1 heterocycles. The van der Waals surface area contributed by atoms with Crippen molar-refractivity contribution >= 4 is 18.1 Å². The number of hydrogen-bond acceptors (Lipinski definition) is 3. The Labute approximate surface area is 170 Å². The van der Waals surface area contributed by atoms with Gasteiger partial charge in [0.1, 0.15) is 6.54 Å². The Bertz CT molecular complexity index is 1010. The molecule has 0 saturated carbocycles. The van der Waals surface area contributed by atoms with Gasteiger partial charge in [0.05, 0.1) is 6.04 Å². The number of aromatic amines is 1. The van der Waals surface area contributed by atoms with Crippen LogP contribution in [0.1, 0.15) is 37.9 Å². The van der Waals surface area contributed by atoms with Gasteiger partial charge >= 0.3 is 0 Å². The molecule has 0 aliphatic rings. The van der Waals surface area contributed by atoms with Gasteiger partial charge < -0.3 is 5.32 Å². The van der Waals surface area contributed by atoms with Crippen LogP contribution in [0.4, 0.5) is 0 Å². The van der Waals surface area contributed by atoms with Crippen molar-refractivity contribution in [1.29, 1.82) is 0 Å². The smallest absolute Gasteiger partial charge is 0.240 e. The molecule has 1 unspecified atom stereocenters. The second-order valence-corrected chi connectivity index (χ2v) is 8.47. The summed E-state index contributed by atoms with van der Waals surface area (Å²) in [5.41, 5.74) is 3.00. The maximum atomic E-state index is 12.9. The fourth-order valence-corrected chi connectivity index (χ4v) is 3.46. The van der Waals surface area contributed by atoms with Crippen LogP contribution in [0, 0.1) is 17.1 Å². The number of H-pyrrole nitrogens is 1. The Morgan fingerprint density at radius 2 is 1.89 bits per heavy atom. The van der Waals surface area contributed by atoms with Crippen molar-refractivity contribution in [3.8, 4) is 11.4 Å². The monoisotopic (exact) mass is 394 g/mol. The van der Waals surface area contributed by atoms with Crippen molar-refractivity contribution in [2.75, 3.05) is 0 Å². The molecule has 3 aromatic rings. The molecule has 6 heteroatoms. The Morgan fingerprint density at radius 3 is 2.54 bits per heavy atom. The molecule has 0 fully saturated rings. The molecule has 0 aliphatic carbocycles. The fourth-order valence-electron chi connectivity index (χ4n) is 3.26. The summed E-state index contributed by atoms with van der Waals surface area (Å²) in [6, 6.07) is 17.9. The molecule has 28 heavy (non-hydrogen) atoms. The van der Waals surface area contributed by atoms with Crippen LogP contribution in [0.25, 0.3) is 11.4 Å². The first kappa shape index (κ1) is 20.0. The van der Waals surface area contributed by atoms with E-state index >= 15 is 0 Å². The Morgan fingerprint density at radius 1 is 1.18 bits per heavy atom. The summed E-state index contributed by atoms with van der Waals surface area (Å²) in [6.45, 7) is 8.49. The first-order valence-corrected chi connectivity index (χ1v) is 9.73. The van der Waals surface area contributed by atoms with Gasteiger partial charge in [-0.15, -0.1) is 0 Å². The van der Waals surface area contributed by atoms with E-state index in [0.29, 0.717) is 10.6 Å². The van der Waals surface area contributed by atoms with Gasteiger partial charge in [-0.3, -0.25) is 14.5 Å². The topological polar surface area (TPSA) is 62.7 Å². The van der Waals surface area contributed by atoms with Crippen LogP contribution in [-0.2, 0) is 11.3 Å². The van der Waals surface area contributed by atoms with Crippen LogP contribution in [0.15, 0.2) is 54.6 Å². The predicted molar refractivity (Wildman–Crippen MR) is 114 cm³/mol. The molecule has 0 radical (unpaired) electrons. The van der Waals surface area contributed by atoms with Crippen molar-refractivity contribution in [2.24, 2.45) is 5.41 Å². The first-order valence-electron chi connectivity index (χ1n) is 9.32. The zero-order valence-corrected chi connectivity index (χ0v) is 17.5. The van der Waals surface area contributed by atoms with E-state index in [1.165, 1.54) is 0 Å². The van der Waals surface area contributed by atoms with Crippen molar-refractivity contribution in [1.82, 2.24) is 20.1 Å². The third kappa shape index (κ3) is 4.57. The molecule has 5 nitrogen and oxygen atoms in total. The van der Waals surface area contributed by atoms with Crippen LogP contribution in [-0.4, -0.2) is 20.7 Å². The molecular weight excluding hydrogens is 368 g/mol. The number of nitrogens with one attached hydrogen (secondary N) is 2.